The van der Waals surface area contributed by atoms with Crippen LogP contribution in [0.5, 0.6) is 0 Å². The van der Waals surface area contributed by atoms with Crippen LogP contribution in [0.4, 0.5) is 5.82 Å². The zero-order chi connectivity index (χ0) is 16.1. The molecule has 1 aromatic rings. The van der Waals surface area contributed by atoms with Crippen LogP contribution >= 0.6 is 0 Å². The van der Waals surface area contributed by atoms with E-state index in [0.717, 1.165) is 0 Å². The van der Waals surface area contributed by atoms with E-state index in [4.69, 9.17) is 15.9 Å². The fourth-order valence-electron chi connectivity index (χ4n) is 1.96. The van der Waals surface area contributed by atoms with E-state index in [0.29, 0.717) is 17.0 Å². The van der Waals surface area contributed by atoms with Gasteiger partial charge >= 0.3 is 0 Å². The first kappa shape index (κ1) is 15.2. The van der Waals surface area contributed by atoms with Crippen LogP contribution in [-0.4, -0.2) is 28.1 Å². The maximum atomic E-state index is 11.4. The molecule has 2 rings (SSSR count). The topological polar surface area (TPSA) is 125 Å². The first-order valence-electron chi connectivity index (χ1n) is 6.36. The predicted molar refractivity (Wildman–Crippen MR) is 78.9 cm³/mol. The molecular formula is C14H14N6O2. The van der Waals surface area contributed by atoms with Crippen LogP contribution in [-0.2, 0) is 4.79 Å². The van der Waals surface area contributed by atoms with Crippen LogP contribution in [0.15, 0.2) is 42.3 Å². The van der Waals surface area contributed by atoms with Crippen molar-refractivity contribution >= 4 is 17.6 Å². The van der Waals surface area contributed by atoms with Gasteiger partial charge in [-0.05, 0) is 24.3 Å². The lowest BCUT2D eigenvalue weighted by atomic mass is 10.1. The molecule has 112 valence electrons. The lowest BCUT2D eigenvalue weighted by Crippen LogP contribution is -2.46. The molecule has 0 fully saturated rings. The third kappa shape index (κ3) is 3.28. The zero-order valence-electron chi connectivity index (χ0n) is 11.7. The maximum Gasteiger partial charge on any atom is 0.218 e. The lowest BCUT2D eigenvalue weighted by Gasteiger charge is -2.31. The smallest absolute Gasteiger partial charge is 0.218 e. The highest BCUT2D eigenvalue weighted by molar-refractivity contribution is 5.98. The molecule has 0 aromatic carbocycles. The SMILES string of the molecule is CC(=O)NC1C=C(C(=N)NO)C=CN1c1cc(C#N)ccn1. The zero-order valence-corrected chi connectivity index (χ0v) is 11.7. The van der Waals surface area contributed by atoms with Gasteiger partial charge in [-0.25, -0.2) is 4.98 Å². The second-order valence-electron chi connectivity index (χ2n) is 4.49. The highest BCUT2D eigenvalue weighted by Crippen LogP contribution is 2.20. The molecule has 1 aliphatic heterocycles. The third-order valence-electron chi connectivity index (χ3n) is 2.94. The van der Waals surface area contributed by atoms with E-state index >= 15 is 0 Å². The quantitative estimate of drug-likeness (QED) is 0.368. The number of carbonyl (C=O) groups excluding carboxylic acids is 1. The van der Waals surface area contributed by atoms with Gasteiger partial charge in [-0.2, -0.15) is 5.26 Å². The summed E-state index contributed by atoms with van der Waals surface area (Å²) in [6.07, 6.45) is 5.71. The Morgan fingerprint density at radius 3 is 3.00 bits per heavy atom. The molecule has 0 radical (unpaired) electrons. The Labute approximate surface area is 126 Å². The maximum absolute atomic E-state index is 11.4. The molecule has 0 spiro atoms. The minimum Gasteiger partial charge on any atom is -0.332 e. The van der Waals surface area contributed by atoms with Crippen LogP contribution in [0.25, 0.3) is 0 Å². The summed E-state index contributed by atoms with van der Waals surface area (Å²) in [6.45, 7) is 1.37. The van der Waals surface area contributed by atoms with Crippen LogP contribution in [0.2, 0.25) is 0 Å². The number of amidine groups is 1. The van der Waals surface area contributed by atoms with Crippen molar-refractivity contribution in [2.45, 2.75) is 13.1 Å². The Morgan fingerprint density at radius 1 is 1.59 bits per heavy atom. The molecule has 4 N–H and O–H groups in total. The summed E-state index contributed by atoms with van der Waals surface area (Å²) in [5, 5.41) is 28.0. The van der Waals surface area contributed by atoms with Gasteiger partial charge in [0, 0.05) is 24.9 Å². The van der Waals surface area contributed by atoms with Crippen molar-refractivity contribution in [3.8, 4) is 6.07 Å². The summed E-state index contributed by atoms with van der Waals surface area (Å²) < 4.78 is 0. The highest BCUT2D eigenvalue weighted by Gasteiger charge is 2.22. The van der Waals surface area contributed by atoms with Crippen molar-refractivity contribution < 1.29 is 10.0 Å². The molecule has 1 amide bonds. The van der Waals surface area contributed by atoms with Crippen molar-refractivity contribution in [2.24, 2.45) is 0 Å². The van der Waals surface area contributed by atoms with Gasteiger partial charge in [-0.1, -0.05) is 0 Å². The van der Waals surface area contributed by atoms with Crippen molar-refractivity contribution in [1.29, 1.82) is 10.7 Å². The van der Waals surface area contributed by atoms with Gasteiger partial charge in [-0.15, -0.1) is 0 Å². The van der Waals surface area contributed by atoms with E-state index in [1.54, 1.807) is 40.9 Å². The van der Waals surface area contributed by atoms with Gasteiger partial charge in [0.25, 0.3) is 0 Å². The molecule has 2 heterocycles. The third-order valence-corrected chi connectivity index (χ3v) is 2.94. The van der Waals surface area contributed by atoms with Crippen molar-refractivity contribution in [3.05, 3.63) is 47.8 Å². The van der Waals surface area contributed by atoms with Gasteiger partial charge in [0.15, 0.2) is 0 Å². The fraction of sp³-hybridized carbons (Fsp3) is 0.143. The Kier molecular flexibility index (Phi) is 4.50. The van der Waals surface area contributed by atoms with E-state index in [1.165, 1.54) is 13.1 Å². The van der Waals surface area contributed by atoms with Crippen molar-refractivity contribution in [2.75, 3.05) is 4.90 Å². The van der Waals surface area contributed by atoms with Crippen LogP contribution in [0.3, 0.4) is 0 Å². The number of carbonyl (C=O) groups is 1. The summed E-state index contributed by atoms with van der Waals surface area (Å²) in [6, 6.07) is 5.20. The first-order valence-corrected chi connectivity index (χ1v) is 6.36. The van der Waals surface area contributed by atoms with E-state index < -0.39 is 6.17 Å². The molecule has 1 aromatic heterocycles. The van der Waals surface area contributed by atoms with Gasteiger partial charge in [0.05, 0.1) is 11.6 Å². The minimum atomic E-state index is -0.590. The number of rotatable bonds is 3. The number of anilines is 1. The number of hydroxylamine groups is 1. The Hall–Kier alpha value is -3.18. The predicted octanol–water partition coefficient (Wildman–Crippen LogP) is 0.632. The van der Waals surface area contributed by atoms with Gasteiger partial charge in [0.1, 0.15) is 17.8 Å². The molecule has 0 aliphatic carbocycles. The molecule has 8 nitrogen and oxygen atoms in total. The molecule has 1 aliphatic rings. The van der Waals surface area contributed by atoms with E-state index in [1.807, 2.05) is 6.07 Å². The fourth-order valence-corrected chi connectivity index (χ4v) is 1.96. The number of hydrogen-bond acceptors (Lipinski definition) is 6. The largest absolute Gasteiger partial charge is 0.332 e. The second kappa shape index (κ2) is 6.51. The van der Waals surface area contributed by atoms with E-state index in [2.05, 4.69) is 10.3 Å². The summed E-state index contributed by atoms with van der Waals surface area (Å²) >= 11 is 0. The van der Waals surface area contributed by atoms with Crippen LogP contribution in [0.1, 0.15) is 12.5 Å². The molecule has 8 heteroatoms. The molecule has 1 unspecified atom stereocenters. The summed E-state index contributed by atoms with van der Waals surface area (Å²) in [7, 11) is 0. The molecular weight excluding hydrogens is 284 g/mol. The summed E-state index contributed by atoms with van der Waals surface area (Å²) in [5.41, 5.74) is 2.61. The summed E-state index contributed by atoms with van der Waals surface area (Å²) in [5.74, 6) is 0.0265. The Balaban J connectivity index is 2.36. The number of nitrogens with one attached hydrogen (secondary N) is 3. The number of aromatic nitrogens is 1. The Morgan fingerprint density at radius 2 is 2.36 bits per heavy atom. The number of nitrogens with zero attached hydrogens (tertiary/aromatic N) is 3. The Bertz CT molecular complexity index is 704. The molecule has 1 atom stereocenters. The minimum absolute atomic E-state index is 0.190. The second-order valence-corrected chi connectivity index (χ2v) is 4.49. The van der Waals surface area contributed by atoms with Gasteiger partial charge in [0.2, 0.25) is 5.91 Å². The molecule has 0 saturated carbocycles. The number of pyridine rings is 1. The van der Waals surface area contributed by atoms with Gasteiger partial charge < -0.3 is 10.2 Å². The summed E-state index contributed by atoms with van der Waals surface area (Å²) in [4.78, 5) is 17.2. The van der Waals surface area contributed by atoms with E-state index in [9.17, 15) is 4.79 Å². The molecule has 22 heavy (non-hydrogen) atoms. The average Bonchev–Trinajstić information content (AvgIpc) is 2.53. The van der Waals surface area contributed by atoms with Crippen molar-refractivity contribution in [1.82, 2.24) is 15.8 Å². The highest BCUT2D eigenvalue weighted by atomic mass is 16.5. The monoisotopic (exact) mass is 298 g/mol. The first-order chi connectivity index (χ1) is 10.5. The van der Waals surface area contributed by atoms with Crippen LogP contribution < -0.4 is 15.7 Å². The van der Waals surface area contributed by atoms with Crippen molar-refractivity contribution in [3.63, 3.8) is 0 Å². The normalized spacial score (nSPS) is 16.5. The van der Waals surface area contributed by atoms with Gasteiger partial charge in [-0.3, -0.25) is 20.9 Å². The number of hydrogen-bond donors (Lipinski definition) is 4. The standard InChI is InChI=1S/C14H14N6O2/c1-9(21)18-13-7-11(14(16)19-22)3-5-20(13)12-6-10(8-15)2-4-17-12/h2-7,13,22H,1H3,(H2,16,19)(H,18,21). The lowest BCUT2D eigenvalue weighted by molar-refractivity contribution is -0.119. The molecule has 0 saturated heterocycles. The average molecular weight is 298 g/mol. The molecule has 0 bridgehead atoms. The number of amides is 1. The van der Waals surface area contributed by atoms with E-state index in [-0.39, 0.29) is 11.7 Å². The van der Waals surface area contributed by atoms with Crippen LogP contribution in [0, 0.1) is 16.7 Å². The number of nitriles is 1.